The molecule has 0 atom stereocenters. The Kier molecular flexibility index (Phi) is 4.35. The number of hydrogen-bond acceptors (Lipinski definition) is 6. The van der Waals surface area contributed by atoms with Crippen molar-refractivity contribution in [3.63, 3.8) is 0 Å². The van der Waals surface area contributed by atoms with Crippen molar-refractivity contribution in [3.05, 3.63) is 28.7 Å². The Balaban J connectivity index is 1.67. The summed E-state index contributed by atoms with van der Waals surface area (Å²) >= 11 is 1.23. The number of H-pyrrole nitrogens is 1. The third-order valence-corrected chi connectivity index (χ3v) is 4.32. The predicted molar refractivity (Wildman–Crippen MR) is 81.9 cm³/mol. The van der Waals surface area contributed by atoms with E-state index in [2.05, 4.69) is 20.3 Å². The molecule has 112 valence electrons. The summed E-state index contributed by atoms with van der Waals surface area (Å²) < 4.78 is 14.3. The summed E-state index contributed by atoms with van der Waals surface area (Å²) in [5.41, 5.74) is 0.356. The van der Waals surface area contributed by atoms with E-state index in [9.17, 15) is 9.18 Å². The molecule has 0 bridgehead atoms. The number of nitrogens with one attached hydrogen (secondary N) is 2. The number of anilines is 1. The van der Waals surface area contributed by atoms with E-state index < -0.39 is 0 Å². The largest absolute Gasteiger partial charge is 0.351 e. The van der Waals surface area contributed by atoms with Gasteiger partial charge in [0.2, 0.25) is 11.5 Å². The van der Waals surface area contributed by atoms with Gasteiger partial charge in [0, 0.05) is 36.8 Å². The van der Waals surface area contributed by atoms with Gasteiger partial charge in [-0.05, 0) is 30.9 Å². The van der Waals surface area contributed by atoms with E-state index in [0.29, 0.717) is 11.6 Å². The molecule has 1 aliphatic heterocycles. The fraction of sp³-hybridized carbons (Fsp3) is 0.462. The smallest absolute Gasteiger partial charge is 0.249 e. The molecule has 2 aromatic heterocycles. The first-order valence-corrected chi connectivity index (χ1v) is 7.75. The molecule has 0 radical (unpaired) electrons. The van der Waals surface area contributed by atoms with Gasteiger partial charge in [0.1, 0.15) is 11.7 Å². The van der Waals surface area contributed by atoms with Crippen molar-refractivity contribution >= 4 is 28.9 Å². The lowest BCUT2D eigenvalue weighted by molar-refractivity contribution is 0.354. The van der Waals surface area contributed by atoms with Crippen LogP contribution in [-0.2, 0) is 0 Å². The summed E-state index contributed by atoms with van der Waals surface area (Å²) in [4.78, 5) is 22.6. The molecule has 0 aromatic carbocycles. The van der Waals surface area contributed by atoms with Crippen LogP contribution in [0.3, 0.4) is 0 Å². The number of halogens is 1. The highest BCUT2D eigenvalue weighted by molar-refractivity contribution is 7.96. The van der Waals surface area contributed by atoms with Crippen LogP contribution in [0.25, 0.3) is 11.0 Å². The van der Waals surface area contributed by atoms with Gasteiger partial charge in [-0.15, -0.1) is 0 Å². The molecule has 0 aliphatic carbocycles. The molecular weight excluding hydrogens is 293 g/mol. The van der Waals surface area contributed by atoms with Crippen LogP contribution in [0.2, 0.25) is 0 Å². The van der Waals surface area contributed by atoms with Crippen molar-refractivity contribution < 1.29 is 4.39 Å². The van der Waals surface area contributed by atoms with E-state index in [0.717, 1.165) is 31.3 Å². The quantitative estimate of drug-likeness (QED) is 0.839. The second kappa shape index (κ2) is 6.40. The van der Waals surface area contributed by atoms with Gasteiger partial charge in [-0.25, -0.2) is 13.7 Å². The maximum Gasteiger partial charge on any atom is 0.249 e. The second-order valence-corrected chi connectivity index (χ2v) is 5.90. The standard InChI is InChI=1S/C13H16FN5OS/c14-8-21-19-5-3-10(4-6-19)16-13-15-7-9-1-2-11(20)17-12(9)18-13/h1-2,7,10H,3-6,8H2,(H2,15,16,17,18,20). The fourth-order valence-electron chi connectivity index (χ4n) is 2.39. The first-order valence-electron chi connectivity index (χ1n) is 6.81. The van der Waals surface area contributed by atoms with Crippen molar-refractivity contribution in [1.29, 1.82) is 0 Å². The number of piperidine rings is 1. The SMILES string of the molecule is O=c1ccc2cnc(NC3CCN(SCF)CC3)nc2[nH]1. The number of nitrogens with zero attached hydrogens (tertiary/aromatic N) is 3. The van der Waals surface area contributed by atoms with Crippen LogP contribution in [0.1, 0.15) is 12.8 Å². The van der Waals surface area contributed by atoms with Gasteiger partial charge in [0.15, 0.2) is 0 Å². The molecule has 3 rings (SSSR count). The van der Waals surface area contributed by atoms with E-state index in [-0.39, 0.29) is 17.6 Å². The maximum atomic E-state index is 12.3. The van der Waals surface area contributed by atoms with Crippen LogP contribution >= 0.6 is 11.9 Å². The highest BCUT2D eigenvalue weighted by Gasteiger charge is 2.20. The van der Waals surface area contributed by atoms with Crippen LogP contribution in [0.4, 0.5) is 10.3 Å². The molecule has 0 unspecified atom stereocenters. The number of aromatic amines is 1. The second-order valence-electron chi connectivity index (χ2n) is 4.91. The third kappa shape index (κ3) is 3.51. The first-order chi connectivity index (χ1) is 10.2. The molecule has 21 heavy (non-hydrogen) atoms. The molecule has 2 N–H and O–H groups in total. The molecule has 1 saturated heterocycles. The van der Waals surface area contributed by atoms with Gasteiger partial charge < -0.3 is 10.3 Å². The minimum atomic E-state index is -0.376. The number of hydrogen-bond donors (Lipinski definition) is 2. The van der Waals surface area contributed by atoms with E-state index in [1.165, 1.54) is 18.0 Å². The van der Waals surface area contributed by atoms with Crippen LogP contribution in [0.15, 0.2) is 23.1 Å². The van der Waals surface area contributed by atoms with Crippen molar-refractivity contribution in [2.75, 3.05) is 24.4 Å². The Morgan fingerprint density at radius 1 is 1.43 bits per heavy atom. The average Bonchev–Trinajstić information content (AvgIpc) is 2.49. The molecule has 2 aromatic rings. The minimum absolute atomic E-state index is 0.177. The van der Waals surface area contributed by atoms with Crippen LogP contribution in [0.5, 0.6) is 0 Å². The lowest BCUT2D eigenvalue weighted by Crippen LogP contribution is -2.36. The van der Waals surface area contributed by atoms with Gasteiger partial charge in [-0.1, -0.05) is 0 Å². The summed E-state index contributed by atoms with van der Waals surface area (Å²) in [6, 6.07) is 3.05. The third-order valence-electron chi connectivity index (χ3n) is 3.49. The summed E-state index contributed by atoms with van der Waals surface area (Å²) in [6.07, 6.45) is 3.52. The molecule has 1 aliphatic rings. The van der Waals surface area contributed by atoms with Crippen LogP contribution in [0, 0.1) is 0 Å². The maximum absolute atomic E-state index is 12.3. The van der Waals surface area contributed by atoms with Crippen molar-refractivity contribution in [2.45, 2.75) is 18.9 Å². The predicted octanol–water partition coefficient (Wildman–Crippen LogP) is 1.77. The van der Waals surface area contributed by atoms with Gasteiger partial charge in [0.05, 0.1) is 0 Å². The van der Waals surface area contributed by atoms with Crippen LogP contribution in [-0.4, -0.2) is 44.4 Å². The van der Waals surface area contributed by atoms with E-state index in [1.54, 1.807) is 12.3 Å². The zero-order valence-corrected chi connectivity index (χ0v) is 12.2. The number of fused-ring (bicyclic) bond motifs is 1. The molecule has 0 spiro atoms. The molecule has 0 saturated carbocycles. The zero-order chi connectivity index (χ0) is 14.7. The van der Waals surface area contributed by atoms with Gasteiger partial charge in [-0.3, -0.25) is 4.79 Å². The van der Waals surface area contributed by atoms with Crippen molar-refractivity contribution in [2.24, 2.45) is 0 Å². The normalized spacial score (nSPS) is 17.2. The Bertz CT molecular complexity index is 671. The summed E-state index contributed by atoms with van der Waals surface area (Å²) in [6.45, 7) is 1.69. The molecule has 3 heterocycles. The Morgan fingerprint density at radius 3 is 3.00 bits per heavy atom. The average molecular weight is 309 g/mol. The number of alkyl halides is 1. The summed E-state index contributed by atoms with van der Waals surface area (Å²) in [5.74, 6) is 0.515. The first kappa shape index (κ1) is 14.3. The molecule has 0 amide bonds. The van der Waals surface area contributed by atoms with Crippen LogP contribution < -0.4 is 10.9 Å². The molecule has 8 heteroatoms. The van der Waals surface area contributed by atoms with Gasteiger partial charge in [0.25, 0.3) is 0 Å². The summed E-state index contributed by atoms with van der Waals surface area (Å²) in [7, 11) is 0. The number of rotatable bonds is 4. The summed E-state index contributed by atoms with van der Waals surface area (Å²) in [5, 5.41) is 4.08. The van der Waals surface area contributed by atoms with Crippen molar-refractivity contribution in [3.8, 4) is 0 Å². The number of aromatic nitrogens is 3. The van der Waals surface area contributed by atoms with Gasteiger partial charge >= 0.3 is 0 Å². The molecular formula is C13H16FN5OS. The van der Waals surface area contributed by atoms with E-state index >= 15 is 0 Å². The number of pyridine rings is 1. The highest BCUT2D eigenvalue weighted by Crippen LogP contribution is 2.20. The fourth-order valence-corrected chi connectivity index (χ4v) is 2.99. The van der Waals surface area contributed by atoms with Crippen molar-refractivity contribution in [1.82, 2.24) is 19.3 Å². The Hall–Kier alpha value is -1.67. The highest BCUT2D eigenvalue weighted by atomic mass is 32.2. The molecule has 1 fully saturated rings. The van der Waals surface area contributed by atoms with E-state index in [1.807, 2.05) is 4.31 Å². The zero-order valence-electron chi connectivity index (χ0n) is 11.4. The Labute approximate surface area is 125 Å². The molecule has 6 nitrogen and oxygen atoms in total. The van der Waals surface area contributed by atoms with Gasteiger partial charge in [-0.2, -0.15) is 4.98 Å². The lowest BCUT2D eigenvalue weighted by atomic mass is 10.1. The monoisotopic (exact) mass is 309 g/mol. The topological polar surface area (TPSA) is 73.9 Å². The van der Waals surface area contributed by atoms with E-state index in [4.69, 9.17) is 0 Å². The lowest BCUT2D eigenvalue weighted by Gasteiger charge is -2.30. The Morgan fingerprint density at radius 2 is 2.24 bits per heavy atom. The minimum Gasteiger partial charge on any atom is -0.351 e.